The number of halogens is 10. The van der Waals surface area contributed by atoms with E-state index in [1.165, 1.54) is 0 Å². The van der Waals surface area contributed by atoms with Crippen LogP contribution in [0, 0.1) is 58.2 Å². The molecule has 1 N–H and O–H groups in total. The first-order valence-electron chi connectivity index (χ1n) is 11.2. The lowest BCUT2D eigenvalue weighted by atomic mass is 9.32. The van der Waals surface area contributed by atoms with Crippen LogP contribution < -0.4 is 15.8 Å². The van der Waals surface area contributed by atoms with Crippen LogP contribution in [0.4, 0.5) is 43.9 Å². The molecule has 0 unspecified atom stereocenters. The van der Waals surface area contributed by atoms with Gasteiger partial charge >= 0.3 is 0 Å². The van der Waals surface area contributed by atoms with E-state index in [4.69, 9.17) is 0 Å². The van der Waals surface area contributed by atoms with Crippen molar-refractivity contribution in [1.82, 2.24) is 0 Å². The third kappa shape index (κ3) is 3.87. The molecule has 1 aliphatic carbocycles. The second-order valence-electron chi connectivity index (χ2n) is 9.20. The summed E-state index contributed by atoms with van der Waals surface area (Å²) >= 11 is 0. The predicted molar refractivity (Wildman–Crippen MR) is 105 cm³/mol. The summed E-state index contributed by atoms with van der Waals surface area (Å²) in [5.41, 5.74) is -3.01. The van der Waals surface area contributed by atoms with Gasteiger partial charge in [-0.2, -0.15) is 0 Å². The molecule has 0 spiro atoms. The topological polar surface area (TPSA) is 4.44 Å². The van der Waals surface area contributed by atoms with E-state index in [0.29, 0.717) is 25.9 Å². The van der Waals surface area contributed by atoms with E-state index in [0.717, 1.165) is 24.2 Å². The number of benzene rings is 2. The Hall–Kier alpha value is -2.24. The maximum absolute atomic E-state index is 14.9. The molecule has 1 saturated heterocycles. The molecule has 2 aromatic rings. The van der Waals surface area contributed by atoms with Gasteiger partial charge in [-0.25, -0.2) is 43.9 Å². The van der Waals surface area contributed by atoms with Gasteiger partial charge in [0.2, 0.25) is 0 Å². The number of nitrogens with one attached hydrogen (secondary N) is 1. The molecule has 1 saturated carbocycles. The molecule has 1 heterocycles. The summed E-state index contributed by atoms with van der Waals surface area (Å²) in [6.07, 6.45) is 3.42. The van der Waals surface area contributed by atoms with E-state index in [9.17, 15) is 43.9 Å². The average Bonchev–Trinajstić information content (AvgIpc) is 3.33. The van der Waals surface area contributed by atoms with Gasteiger partial charge in [-0.05, 0) is 25.7 Å². The Morgan fingerprint density at radius 2 is 0.853 bits per heavy atom. The molecule has 12 heteroatoms. The molecule has 2 atom stereocenters. The van der Waals surface area contributed by atoms with Crippen molar-refractivity contribution in [1.29, 1.82) is 0 Å². The quantitative estimate of drug-likeness (QED) is 0.285. The van der Waals surface area contributed by atoms with Crippen LogP contribution in [0.15, 0.2) is 0 Å². The minimum absolute atomic E-state index is 0.0765. The molecule has 2 fully saturated rings. The van der Waals surface area contributed by atoms with Crippen molar-refractivity contribution in [2.45, 2.75) is 50.4 Å². The number of likely N-dealkylation sites (tertiary alicyclic amines) is 1. The summed E-state index contributed by atoms with van der Waals surface area (Å²) in [4.78, 5) is 0.930. The van der Waals surface area contributed by atoms with Crippen molar-refractivity contribution in [3.8, 4) is 0 Å². The number of hydrogen-bond acceptors (Lipinski definition) is 0. The van der Waals surface area contributed by atoms with Crippen molar-refractivity contribution in [2.24, 2.45) is 0 Å². The van der Waals surface area contributed by atoms with E-state index in [1.807, 2.05) is 0 Å². The van der Waals surface area contributed by atoms with Crippen LogP contribution in [0.5, 0.6) is 0 Å². The third-order valence-electron chi connectivity index (χ3n) is 7.57. The summed E-state index contributed by atoms with van der Waals surface area (Å²) in [5.74, 6) is -24.6. The molecular weight excluding hydrogens is 479 g/mol. The minimum Gasteiger partial charge on any atom is -0.335 e. The molecule has 0 aromatic heterocycles. The van der Waals surface area contributed by atoms with E-state index in [2.05, 4.69) is 0 Å². The van der Waals surface area contributed by atoms with Gasteiger partial charge < -0.3 is 4.90 Å². The fourth-order valence-electron chi connectivity index (χ4n) is 6.11. The zero-order valence-corrected chi connectivity index (χ0v) is 17.8. The second kappa shape index (κ2) is 9.43. The van der Waals surface area contributed by atoms with Gasteiger partial charge in [-0.1, -0.05) is 12.8 Å². The van der Waals surface area contributed by atoms with E-state index < -0.39 is 87.7 Å². The molecule has 4 rings (SSSR count). The molecule has 2 aliphatic rings. The highest BCUT2D eigenvalue weighted by Gasteiger charge is 2.43. The van der Waals surface area contributed by atoms with Crippen molar-refractivity contribution in [2.75, 3.05) is 13.1 Å². The van der Waals surface area contributed by atoms with Crippen molar-refractivity contribution in [3.63, 3.8) is 0 Å². The molecule has 0 amide bonds. The monoisotopic (exact) mass is 499 g/mol. The molecule has 34 heavy (non-hydrogen) atoms. The molecule has 186 valence electrons. The van der Waals surface area contributed by atoms with E-state index >= 15 is 0 Å². The van der Waals surface area contributed by atoms with Gasteiger partial charge in [0.05, 0.1) is 25.8 Å². The first-order valence-corrected chi connectivity index (χ1v) is 11.2. The summed E-state index contributed by atoms with van der Waals surface area (Å²) < 4.78 is 143. The SMILES string of the molecule is Fc1c(F)c(F)c([BH-](c2c(F)c(F)c(F)c(F)c2F)[C@@H]2CCC[C@H]2[NH+]2CCCCC2)c(F)c1F. The van der Waals surface area contributed by atoms with Gasteiger partial charge in [0, 0.05) is 0 Å². The van der Waals surface area contributed by atoms with Gasteiger partial charge in [0.1, 0.15) is 23.3 Å². The second-order valence-corrected chi connectivity index (χ2v) is 9.20. The smallest absolute Gasteiger partial charge is 0.200 e. The van der Waals surface area contributed by atoms with Gasteiger partial charge in [-0.15, -0.1) is 16.7 Å². The van der Waals surface area contributed by atoms with Gasteiger partial charge in [0.15, 0.2) is 34.9 Å². The first kappa shape index (κ1) is 24.9. The van der Waals surface area contributed by atoms with Crippen molar-refractivity contribution < 1.29 is 48.8 Å². The number of piperidine rings is 1. The third-order valence-corrected chi connectivity index (χ3v) is 7.57. The molecular formula is C22H20BF10N. The van der Waals surface area contributed by atoms with Crippen molar-refractivity contribution >= 4 is 17.6 Å². The van der Waals surface area contributed by atoms with Crippen LogP contribution in [0.3, 0.4) is 0 Å². The maximum Gasteiger partial charge on any atom is 0.200 e. The zero-order chi connectivity index (χ0) is 24.9. The fraction of sp³-hybridized carbons (Fsp3) is 0.455. The molecule has 1 aliphatic heterocycles. The molecule has 2 aromatic carbocycles. The first-order chi connectivity index (χ1) is 16.1. The van der Waals surface area contributed by atoms with E-state index in [-0.39, 0.29) is 6.42 Å². The van der Waals surface area contributed by atoms with Crippen LogP contribution >= 0.6 is 0 Å². The molecule has 0 bridgehead atoms. The van der Waals surface area contributed by atoms with Gasteiger partial charge in [-0.3, -0.25) is 0 Å². The van der Waals surface area contributed by atoms with Gasteiger partial charge in [0.25, 0.3) is 0 Å². The Morgan fingerprint density at radius 3 is 1.26 bits per heavy atom. The van der Waals surface area contributed by atoms with Crippen LogP contribution in [-0.2, 0) is 0 Å². The highest BCUT2D eigenvalue weighted by atomic mass is 19.2. The molecule has 1 nitrogen and oxygen atoms in total. The number of rotatable bonds is 4. The van der Waals surface area contributed by atoms with E-state index in [1.54, 1.807) is 0 Å². The molecule has 0 radical (unpaired) electrons. The summed E-state index contributed by atoms with van der Waals surface area (Å²) in [6, 6.07) is -0.495. The lowest BCUT2D eigenvalue weighted by Crippen LogP contribution is -3.16. The Labute approximate surface area is 188 Å². The summed E-state index contributed by atoms with van der Waals surface area (Å²) in [7, 11) is 0. The average molecular weight is 499 g/mol. The Kier molecular flexibility index (Phi) is 6.90. The zero-order valence-electron chi connectivity index (χ0n) is 17.8. The maximum atomic E-state index is 14.9. The Morgan fingerprint density at radius 1 is 0.471 bits per heavy atom. The minimum atomic E-state index is -3.47. The lowest BCUT2D eigenvalue weighted by Gasteiger charge is -2.41. The highest BCUT2D eigenvalue weighted by Crippen LogP contribution is 2.35. The van der Waals surface area contributed by atoms with Crippen LogP contribution in [0.2, 0.25) is 5.82 Å². The fourth-order valence-corrected chi connectivity index (χ4v) is 6.11. The van der Waals surface area contributed by atoms with Crippen LogP contribution in [0.25, 0.3) is 0 Å². The van der Waals surface area contributed by atoms with Crippen LogP contribution in [-0.4, -0.2) is 25.8 Å². The Bertz CT molecular complexity index is 990. The Balaban J connectivity index is 2.00. The summed E-state index contributed by atoms with van der Waals surface area (Å²) in [6.45, 7) is -2.24. The standard InChI is InChI=1S/C22H19BF10N/c24-13-11(14(25)18(29)21(32)17(13)28)23(12-15(26)19(30)22(33)20(31)16(12)27)9-5-4-6-10(9)34-7-2-1-3-8-34/h9-10,23H,1-8H2/q-1/p+1/t9-,10-/m1/s1. The normalized spacial score (nSPS) is 21.6. The van der Waals surface area contributed by atoms with Crippen LogP contribution in [0.1, 0.15) is 38.5 Å². The number of quaternary nitrogens is 1. The van der Waals surface area contributed by atoms with Crippen molar-refractivity contribution in [3.05, 3.63) is 58.2 Å². The summed E-state index contributed by atoms with van der Waals surface area (Å²) in [5, 5.41) is 0. The highest BCUT2D eigenvalue weighted by molar-refractivity contribution is 6.86. The predicted octanol–water partition coefficient (Wildman–Crippen LogP) is 3.41. The lowest BCUT2D eigenvalue weighted by molar-refractivity contribution is -0.929. The number of hydrogen-bond donors (Lipinski definition) is 1. The largest absolute Gasteiger partial charge is 0.335 e.